The van der Waals surface area contributed by atoms with Gasteiger partial charge in [0, 0.05) is 45.3 Å². The second kappa shape index (κ2) is 14.2. The Morgan fingerprint density at radius 1 is 0.783 bits per heavy atom. The van der Waals surface area contributed by atoms with Gasteiger partial charge in [0.05, 0.1) is 0 Å². The number of rotatable bonds is 14. The number of hydrogen-bond donors (Lipinski definition) is 1. The maximum atomic E-state index is 3.87. The lowest BCUT2D eigenvalue weighted by molar-refractivity contribution is 0.153. The van der Waals surface area contributed by atoms with E-state index in [2.05, 4.69) is 36.0 Å². The van der Waals surface area contributed by atoms with Gasteiger partial charge in [-0.05, 0) is 19.9 Å². The molecule has 1 aliphatic heterocycles. The molecule has 1 heterocycles. The molecule has 0 aliphatic carbocycles. The minimum Gasteiger partial charge on any atom is -0.313 e. The quantitative estimate of drug-likeness (QED) is 0.484. The molecule has 138 valence electrons. The Morgan fingerprint density at radius 2 is 1.35 bits per heavy atom. The van der Waals surface area contributed by atoms with E-state index in [1.54, 1.807) is 0 Å². The van der Waals surface area contributed by atoms with Crippen molar-refractivity contribution < 1.29 is 0 Å². The number of nitrogens with one attached hydrogen (secondary N) is 1. The molecule has 1 unspecified atom stereocenters. The zero-order valence-corrected chi connectivity index (χ0v) is 16.3. The number of nitrogens with zero attached hydrogens (tertiary/aromatic N) is 2. The van der Waals surface area contributed by atoms with Crippen LogP contribution in [0.2, 0.25) is 0 Å². The van der Waals surface area contributed by atoms with Crippen LogP contribution in [-0.4, -0.2) is 62.2 Å². The molecule has 3 nitrogen and oxygen atoms in total. The van der Waals surface area contributed by atoms with Crippen molar-refractivity contribution in [2.24, 2.45) is 0 Å². The van der Waals surface area contributed by atoms with Gasteiger partial charge in [0.15, 0.2) is 0 Å². The van der Waals surface area contributed by atoms with E-state index in [1.165, 1.54) is 103 Å². The third kappa shape index (κ3) is 11.1. The fraction of sp³-hybridized carbons (Fsp3) is 1.00. The molecule has 3 heteroatoms. The van der Waals surface area contributed by atoms with Gasteiger partial charge in [-0.2, -0.15) is 0 Å². The maximum absolute atomic E-state index is 3.87. The van der Waals surface area contributed by atoms with Crippen molar-refractivity contribution in [1.82, 2.24) is 15.1 Å². The van der Waals surface area contributed by atoms with Gasteiger partial charge in [-0.3, -0.25) is 4.90 Å². The van der Waals surface area contributed by atoms with E-state index >= 15 is 0 Å². The highest BCUT2D eigenvalue weighted by atomic mass is 15.2. The predicted octanol–water partition coefficient (Wildman–Crippen LogP) is 4.13. The summed E-state index contributed by atoms with van der Waals surface area (Å²) in [7, 11) is 2.23. The van der Waals surface area contributed by atoms with Gasteiger partial charge in [-0.1, -0.05) is 65.2 Å². The summed E-state index contributed by atoms with van der Waals surface area (Å²) in [6.45, 7) is 12.0. The molecule has 0 amide bonds. The Morgan fingerprint density at radius 3 is 2.00 bits per heavy atom. The highest BCUT2D eigenvalue weighted by molar-refractivity contribution is 4.72. The Bertz CT molecular complexity index is 249. The van der Waals surface area contributed by atoms with Crippen molar-refractivity contribution in [3.8, 4) is 0 Å². The third-order valence-corrected chi connectivity index (χ3v) is 5.27. The molecule has 1 saturated heterocycles. The summed E-state index contributed by atoms with van der Waals surface area (Å²) in [4.78, 5) is 5.06. The van der Waals surface area contributed by atoms with Crippen molar-refractivity contribution in [3.63, 3.8) is 0 Å². The lowest BCUT2D eigenvalue weighted by Crippen LogP contribution is -2.47. The van der Waals surface area contributed by atoms with Gasteiger partial charge in [-0.15, -0.1) is 0 Å². The van der Waals surface area contributed by atoms with Crippen molar-refractivity contribution in [2.75, 3.05) is 46.3 Å². The van der Waals surface area contributed by atoms with E-state index in [1.807, 2.05) is 0 Å². The van der Waals surface area contributed by atoms with Crippen LogP contribution in [0.4, 0.5) is 0 Å². The molecule has 1 fully saturated rings. The molecule has 1 atom stereocenters. The first-order valence-corrected chi connectivity index (χ1v) is 10.4. The molecule has 0 spiro atoms. The van der Waals surface area contributed by atoms with Crippen LogP contribution in [0.5, 0.6) is 0 Å². The highest BCUT2D eigenvalue weighted by Crippen LogP contribution is 2.12. The fourth-order valence-corrected chi connectivity index (χ4v) is 3.48. The van der Waals surface area contributed by atoms with E-state index in [4.69, 9.17) is 0 Å². The molecule has 1 aliphatic rings. The maximum Gasteiger partial charge on any atom is 0.0110 e. The Kier molecular flexibility index (Phi) is 13.0. The van der Waals surface area contributed by atoms with Crippen LogP contribution in [0.1, 0.15) is 78.1 Å². The largest absolute Gasteiger partial charge is 0.313 e. The molecule has 0 saturated carbocycles. The summed E-state index contributed by atoms with van der Waals surface area (Å²) in [5.41, 5.74) is 0. The summed E-state index contributed by atoms with van der Waals surface area (Å²) in [5, 5.41) is 3.87. The number of likely N-dealkylation sites (N-methyl/N-ethyl adjacent to an activating group) is 1. The van der Waals surface area contributed by atoms with Crippen LogP contribution >= 0.6 is 0 Å². The first-order chi connectivity index (χ1) is 11.3. The molecular weight excluding hydrogens is 282 g/mol. The smallest absolute Gasteiger partial charge is 0.0110 e. The average molecular weight is 326 g/mol. The van der Waals surface area contributed by atoms with Gasteiger partial charge in [0.25, 0.3) is 0 Å². The first-order valence-electron chi connectivity index (χ1n) is 10.4. The molecule has 0 aromatic rings. The van der Waals surface area contributed by atoms with Crippen LogP contribution in [0.3, 0.4) is 0 Å². The monoisotopic (exact) mass is 325 g/mol. The first kappa shape index (κ1) is 20.9. The summed E-state index contributed by atoms with van der Waals surface area (Å²) >= 11 is 0. The average Bonchev–Trinajstić information content (AvgIpc) is 2.56. The van der Waals surface area contributed by atoms with Crippen molar-refractivity contribution in [3.05, 3.63) is 0 Å². The fourth-order valence-electron chi connectivity index (χ4n) is 3.48. The van der Waals surface area contributed by atoms with Gasteiger partial charge in [0.2, 0.25) is 0 Å². The van der Waals surface area contributed by atoms with E-state index < -0.39 is 0 Å². The van der Waals surface area contributed by atoms with Gasteiger partial charge < -0.3 is 10.2 Å². The lowest BCUT2D eigenvalue weighted by Gasteiger charge is -2.32. The molecule has 1 N–H and O–H groups in total. The molecule has 0 aromatic heterocycles. The number of piperazine rings is 1. The molecule has 0 bridgehead atoms. The Hall–Kier alpha value is -0.120. The standard InChI is InChI=1S/C20H43N3/c1-4-6-8-9-11-13-20(12-10-7-5-2)21-14-15-23-18-16-22(3)17-19-23/h20-21H,4-19H2,1-3H3. The SMILES string of the molecule is CCCCCCCC(CCCCC)NCCN1CCN(C)CC1. The van der Waals surface area contributed by atoms with Crippen LogP contribution in [-0.2, 0) is 0 Å². The minimum absolute atomic E-state index is 0.760. The van der Waals surface area contributed by atoms with Gasteiger partial charge in [0.1, 0.15) is 0 Å². The summed E-state index contributed by atoms with van der Waals surface area (Å²) in [5.74, 6) is 0. The Balaban J connectivity index is 2.14. The topological polar surface area (TPSA) is 18.5 Å². The molecule has 0 radical (unpaired) electrons. The third-order valence-electron chi connectivity index (χ3n) is 5.27. The van der Waals surface area contributed by atoms with Crippen LogP contribution in [0.25, 0.3) is 0 Å². The second-order valence-corrected chi connectivity index (χ2v) is 7.49. The normalized spacial score (nSPS) is 18.4. The zero-order chi connectivity index (χ0) is 16.8. The van der Waals surface area contributed by atoms with Crippen molar-refractivity contribution >= 4 is 0 Å². The lowest BCUT2D eigenvalue weighted by atomic mass is 10.0. The zero-order valence-electron chi connectivity index (χ0n) is 16.3. The van der Waals surface area contributed by atoms with Crippen molar-refractivity contribution in [2.45, 2.75) is 84.1 Å². The molecule has 23 heavy (non-hydrogen) atoms. The molecule has 0 aromatic carbocycles. The minimum atomic E-state index is 0.760. The predicted molar refractivity (Wildman–Crippen MR) is 103 cm³/mol. The van der Waals surface area contributed by atoms with Crippen LogP contribution in [0.15, 0.2) is 0 Å². The van der Waals surface area contributed by atoms with E-state index in [9.17, 15) is 0 Å². The van der Waals surface area contributed by atoms with Crippen molar-refractivity contribution in [1.29, 1.82) is 0 Å². The number of unbranched alkanes of at least 4 members (excludes halogenated alkanes) is 6. The summed E-state index contributed by atoms with van der Waals surface area (Å²) in [6, 6.07) is 0.760. The highest BCUT2D eigenvalue weighted by Gasteiger charge is 2.14. The molecular formula is C20H43N3. The van der Waals surface area contributed by atoms with E-state index in [0.29, 0.717) is 0 Å². The van der Waals surface area contributed by atoms with Crippen LogP contribution in [0, 0.1) is 0 Å². The molecule has 1 rings (SSSR count). The Labute approximate surface area is 146 Å². The van der Waals surface area contributed by atoms with E-state index in [-0.39, 0.29) is 0 Å². The summed E-state index contributed by atoms with van der Waals surface area (Å²) < 4.78 is 0. The number of hydrogen-bond acceptors (Lipinski definition) is 3. The second-order valence-electron chi connectivity index (χ2n) is 7.49. The van der Waals surface area contributed by atoms with Gasteiger partial charge in [-0.25, -0.2) is 0 Å². The van der Waals surface area contributed by atoms with E-state index in [0.717, 1.165) is 6.04 Å². The van der Waals surface area contributed by atoms with Crippen LogP contribution < -0.4 is 5.32 Å². The summed E-state index contributed by atoms with van der Waals surface area (Å²) in [6.07, 6.45) is 13.9. The van der Waals surface area contributed by atoms with Gasteiger partial charge >= 0.3 is 0 Å².